The van der Waals surface area contributed by atoms with Crippen LogP contribution >= 0.6 is 0 Å². The second-order valence-corrected chi connectivity index (χ2v) is 8.19. The summed E-state index contributed by atoms with van der Waals surface area (Å²) in [6.07, 6.45) is 8.36. The van der Waals surface area contributed by atoms with E-state index in [9.17, 15) is 5.11 Å². The highest BCUT2D eigenvalue weighted by Gasteiger charge is 2.37. The minimum Gasteiger partial charge on any atom is -0.385 e. The van der Waals surface area contributed by atoms with Gasteiger partial charge >= 0.3 is 0 Å². The molecule has 1 N–H and O–H groups in total. The Bertz CT molecular complexity index is 695. The van der Waals surface area contributed by atoms with E-state index in [1.165, 1.54) is 29.5 Å². The van der Waals surface area contributed by atoms with Crippen molar-refractivity contribution in [1.29, 1.82) is 0 Å². The lowest BCUT2D eigenvalue weighted by Gasteiger charge is -2.35. The fraction of sp³-hybridized carbons (Fsp3) is 0.417. The quantitative estimate of drug-likeness (QED) is 0.811. The van der Waals surface area contributed by atoms with Crippen molar-refractivity contribution in [2.24, 2.45) is 0 Å². The van der Waals surface area contributed by atoms with E-state index in [0.717, 1.165) is 12.8 Å². The topological polar surface area (TPSA) is 23.5 Å². The van der Waals surface area contributed by atoms with Gasteiger partial charge in [-0.15, -0.1) is 0 Å². The van der Waals surface area contributed by atoms with Gasteiger partial charge in [0.1, 0.15) is 0 Å². The Kier molecular flexibility index (Phi) is 4.97. The van der Waals surface area contributed by atoms with Crippen molar-refractivity contribution in [3.63, 3.8) is 0 Å². The summed E-state index contributed by atoms with van der Waals surface area (Å²) in [4.78, 5) is 2.55. The molecule has 2 aliphatic rings. The van der Waals surface area contributed by atoms with E-state index in [0.29, 0.717) is 24.9 Å². The zero-order valence-corrected chi connectivity index (χ0v) is 15.6. The highest BCUT2D eigenvalue weighted by atomic mass is 16.3. The molecule has 2 aromatic carbocycles. The molecule has 2 aliphatic heterocycles. The molecule has 2 aromatic rings. The zero-order chi connectivity index (χ0) is 18.0. The third kappa shape index (κ3) is 3.92. The maximum absolute atomic E-state index is 11.6. The number of hydrogen-bond acceptors (Lipinski definition) is 2. The second kappa shape index (κ2) is 7.38. The van der Waals surface area contributed by atoms with Gasteiger partial charge in [0.25, 0.3) is 0 Å². The summed E-state index contributed by atoms with van der Waals surface area (Å²) in [5.41, 5.74) is 3.01. The molecule has 0 spiro atoms. The summed E-state index contributed by atoms with van der Waals surface area (Å²) < 4.78 is 0. The van der Waals surface area contributed by atoms with Gasteiger partial charge in [-0.1, -0.05) is 72.3 Å². The fourth-order valence-electron chi connectivity index (χ4n) is 4.83. The van der Waals surface area contributed by atoms with Gasteiger partial charge in [0, 0.05) is 24.9 Å². The van der Waals surface area contributed by atoms with Gasteiger partial charge in [-0.05, 0) is 43.9 Å². The van der Waals surface area contributed by atoms with Crippen LogP contribution in [0.1, 0.15) is 36.8 Å². The van der Waals surface area contributed by atoms with Crippen LogP contribution < -0.4 is 0 Å². The lowest BCUT2D eigenvalue weighted by Crippen LogP contribution is -2.39. The van der Waals surface area contributed by atoms with Crippen LogP contribution in [0.2, 0.25) is 0 Å². The molecule has 0 aromatic heterocycles. The molecule has 0 saturated carbocycles. The summed E-state index contributed by atoms with van der Waals surface area (Å²) >= 11 is 0. The van der Waals surface area contributed by atoms with E-state index in [4.69, 9.17) is 0 Å². The van der Waals surface area contributed by atoms with Crippen LogP contribution in [0.15, 0.2) is 72.3 Å². The maximum atomic E-state index is 11.6. The maximum Gasteiger partial charge on any atom is 0.0910 e. The van der Waals surface area contributed by atoms with Gasteiger partial charge in [-0.2, -0.15) is 0 Å². The predicted octanol–water partition coefficient (Wildman–Crippen LogP) is 4.39. The lowest BCUT2D eigenvalue weighted by atomic mass is 9.84. The molecule has 2 fully saturated rings. The van der Waals surface area contributed by atoms with Crippen molar-refractivity contribution in [2.75, 3.05) is 7.05 Å². The van der Waals surface area contributed by atoms with Crippen LogP contribution in [0.4, 0.5) is 0 Å². The SMILES string of the molecule is CN1C2CCC1CC(=CC(O)(Cc1ccccc1)Cc1ccccc1)C2. The Morgan fingerprint density at radius 2 is 1.35 bits per heavy atom. The first-order valence-corrected chi connectivity index (χ1v) is 9.84. The molecule has 2 atom stereocenters. The van der Waals surface area contributed by atoms with E-state index >= 15 is 0 Å². The molecule has 2 bridgehead atoms. The fourth-order valence-corrected chi connectivity index (χ4v) is 4.83. The standard InChI is InChI=1S/C24H29NO/c1-25-22-12-13-23(25)15-21(14-22)18-24(26,16-19-8-4-2-5-9-19)17-20-10-6-3-7-11-20/h2-11,18,22-23,26H,12-17H2,1H3. The molecular weight excluding hydrogens is 318 g/mol. The molecule has 2 unspecified atom stereocenters. The number of benzene rings is 2. The van der Waals surface area contributed by atoms with Crippen molar-refractivity contribution in [1.82, 2.24) is 4.90 Å². The Balaban J connectivity index is 1.61. The third-order valence-electron chi connectivity index (χ3n) is 6.16. The number of fused-ring (bicyclic) bond motifs is 2. The van der Waals surface area contributed by atoms with E-state index < -0.39 is 5.60 Å². The molecule has 2 saturated heterocycles. The molecule has 0 radical (unpaired) electrons. The van der Waals surface area contributed by atoms with Crippen LogP contribution in [0.3, 0.4) is 0 Å². The van der Waals surface area contributed by atoms with Crippen molar-refractivity contribution in [3.05, 3.63) is 83.4 Å². The summed E-state index contributed by atoms with van der Waals surface area (Å²) in [6, 6.07) is 22.1. The van der Waals surface area contributed by atoms with Gasteiger partial charge < -0.3 is 5.11 Å². The molecule has 2 heterocycles. The Morgan fingerprint density at radius 3 is 1.81 bits per heavy atom. The summed E-state index contributed by atoms with van der Waals surface area (Å²) in [7, 11) is 2.26. The molecule has 136 valence electrons. The van der Waals surface area contributed by atoms with Gasteiger partial charge in [-0.25, -0.2) is 0 Å². The Labute approximate surface area is 157 Å². The highest BCUT2D eigenvalue weighted by molar-refractivity contribution is 5.28. The van der Waals surface area contributed by atoms with Crippen LogP contribution in [0.5, 0.6) is 0 Å². The Hall–Kier alpha value is -1.90. The summed E-state index contributed by atoms with van der Waals surface area (Å²) in [6.45, 7) is 0. The molecular formula is C24H29NO. The van der Waals surface area contributed by atoms with Crippen molar-refractivity contribution < 1.29 is 5.11 Å². The number of nitrogens with zero attached hydrogens (tertiary/aromatic N) is 1. The van der Waals surface area contributed by atoms with Crippen molar-refractivity contribution in [2.45, 2.75) is 56.2 Å². The lowest BCUT2D eigenvalue weighted by molar-refractivity contribution is 0.0889. The van der Waals surface area contributed by atoms with Crippen LogP contribution in [0, 0.1) is 0 Å². The van der Waals surface area contributed by atoms with Gasteiger partial charge in [-0.3, -0.25) is 4.90 Å². The smallest absolute Gasteiger partial charge is 0.0910 e. The molecule has 0 amide bonds. The number of aliphatic hydroxyl groups is 1. The van der Waals surface area contributed by atoms with E-state index in [1.807, 2.05) is 12.1 Å². The van der Waals surface area contributed by atoms with Gasteiger partial charge in [0.2, 0.25) is 0 Å². The first kappa shape index (κ1) is 17.5. The largest absolute Gasteiger partial charge is 0.385 e. The normalized spacial score (nSPS) is 23.2. The minimum absolute atomic E-state index is 0.664. The van der Waals surface area contributed by atoms with Gasteiger partial charge in [0.05, 0.1) is 5.60 Å². The first-order chi connectivity index (χ1) is 12.6. The average Bonchev–Trinajstić information content (AvgIpc) is 2.84. The van der Waals surface area contributed by atoms with Crippen LogP contribution in [-0.4, -0.2) is 34.7 Å². The summed E-state index contributed by atoms with van der Waals surface area (Å²) in [5.74, 6) is 0. The van der Waals surface area contributed by atoms with E-state index in [-0.39, 0.29) is 0 Å². The molecule has 0 aliphatic carbocycles. The summed E-state index contributed by atoms with van der Waals surface area (Å²) in [5, 5.41) is 11.6. The zero-order valence-electron chi connectivity index (χ0n) is 15.6. The monoisotopic (exact) mass is 347 g/mol. The number of piperidine rings is 1. The predicted molar refractivity (Wildman–Crippen MR) is 107 cm³/mol. The third-order valence-corrected chi connectivity index (χ3v) is 6.16. The minimum atomic E-state index is -0.826. The van der Waals surface area contributed by atoms with E-state index in [1.54, 1.807) is 0 Å². The first-order valence-electron chi connectivity index (χ1n) is 9.84. The number of rotatable bonds is 5. The average molecular weight is 348 g/mol. The molecule has 26 heavy (non-hydrogen) atoms. The second-order valence-electron chi connectivity index (χ2n) is 8.19. The molecule has 2 heteroatoms. The highest BCUT2D eigenvalue weighted by Crippen LogP contribution is 2.38. The van der Waals surface area contributed by atoms with Crippen molar-refractivity contribution in [3.8, 4) is 0 Å². The van der Waals surface area contributed by atoms with Gasteiger partial charge in [0.15, 0.2) is 0 Å². The number of hydrogen-bond donors (Lipinski definition) is 1. The van der Waals surface area contributed by atoms with E-state index in [2.05, 4.69) is 66.6 Å². The van der Waals surface area contributed by atoms with Crippen LogP contribution in [-0.2, 0) is 12.8 Å². The molecule has 4 rings (SSSR count). The Morgan fingerprint density at radius 1 is 0.885 bits per heavy atom. The van der Waals surface area contributed by atoms with Crippen molar-refractivity contribution >= 4 is 0 Å². The molecule has 2 nitrogen and oxygen atoms in total. The van der Waals surface area contributed by atoms with Crippen LogP contribution in [0.25, 0.3) is 0 Å².